The molecule has 0 aliphatic carbocycles. The first kappa shape index (κ1) is 16.4. The van der Waals surface area contributed by atoms with Gasteiger partial charge < -0.3 is 5.32 Å². The number of nitrogens with zero attached hydrogens (tertiary/aromatic N) is 2. The second kappa shape index (κ2) is 6.41. The van der Waals surface area contributed by atoms with Crippen molar-refractivity contribution in [3.63, 3.8) is 0 Å². The van der Waals surface area contributed by atoms with Gasteiger partial charge in [-0.05, 0) is 19.1 Å². The molecule has 0 saturated heterocycles. The summed E-state index contributed by atoms with van der Waals surface area (Å²) in [6.07, 6.45) is 0. The Morgan fingerprint density at radius 2 is 1.83 bits per heavy atom. The number of rotatable bonds is 4. The first-order chi connectivity index (χ1) is 10.8. The van der Waals surface area contributed by atoms with Crippen LogP contribution in [0.15, 0.2) is 36.4 Å². The van der Waals surface area contributed by atoms with Crippen LogP contribution in [0.5, 0.6) is 0 Å². The fourth-order valence-electron chi connectivity index (χ4n) is 1.98. The van der Waals surface area contributed by atoms with Gasteiger partial charge in [0.15, 0.2) is 0 Å². The molecular formula is C14H10ClN3O5. The summed E-state index contributed by atoms with van der Waals surface area (Å²) in [6, 6.07) is 7.70. The fraction of sp³-hybridized carbons (Fsp3) is 0.0714. The van der Waals surface area contributed by atoms with E-state index in [0.717, 1.165) is 6.07 Å². The minimum atomic E-state index is -0.645. The number of halogens is 1. The minimum absolute atomic E-state index is 0.0526. The summed E-state index contributed by atoms with van der Waals surface area (Å²) in [6.45, 7) is 1.45. The summed E-state index contributed by atoms with van der Waals surface area (Å²) in [5.74, 6) is -0.645. The van der Waals surface area contributed by atoms with Crippen molar-refractivity contribution in [2.75, 3.05) is 5.32 Å². The molecule has 0 saturated carbocycles. The van der Waals surface area contributed by atoms with E-state index < -0.39 is 15.8 Å². The SMILES string of the molecule is Cc1c(C(=O)Nc2cc([N+](=O)[O-])ccc2Cl)cccc1[N+](=O)[O-]. The average Bonchev–Trinajstić information content (AvgIpc) is 2.49. The van der Waals surface area contributed by atoms with Gasteiger partial charge in [-0.3, -0.25) is 25.0 Å². The quantitative estimate of drug-likeness (QED) is 0.675. The molecule has 0 bridgehead atoms. The Labute approximate surface area is 135 Å². The van der Waals surface area contributed by atoms with Crippen LogP contribution in [0.4, 0.5) is 17.1 Å². The van der Waals surface area contributed by atoms with Crippen LogP contribution in [0.1, 0.15) is 15.9 Å². The van der Waals surface area contributed by atoms with E-state index in [1.54, 1.807) is 0 Å². The number of carbonyl (C=O) groups is 1. The summed E-state index contributed by atoms with van der Waals surface area (Å²) >= 11 is 5.91. The van der Waals surface area contributed by atoms with Gasteiger partial charge in [0.1, 0.15) is 0 Å². The average molecular weight is 336 g/mol. The number of hydrogen-bond acceptors (Lipinski definition) is 5. The Balaban J connectivity index is 2.37. The van der Waals surface area contributed by atoms with E-state index in [0.29, 0.717) is 0 Å². The van der Waals surface area contributed by atoms with Crippen LogP contribution in [0.2, 0.25) is 5.02 Å². The molecule has 0 unspecified atom stereocenters. The van der Waals surface area contributed by atoms with Crippen LogP contribution in [-0.4, -0.2) is 15.8 Å². The zero-order valence-electron chi connectivity index (χ0n) is 11.8. The predicted octanol–water partition coefficient (Wildman–Crippen LogP) is 3.72. The molecule has 0 aliphatic rings. The van der Waals surface area contributed by atoms with E-state index in [-0.39, 0.29) is 33.2 Å². The Bertz CT molecular complexity index is 822. The van der Waals surface area contributed by atoms with Crippen LogP contribution < -0.4 is 5.32 Å². The number of benzene rings is 2. The molecule has 8 nitrogen and oxygen atoms in total. The van der Waals surface area contributed by atoms with Crippen LogP contribution >= 0.6 is 11.6 Å². The molecule has 2 aromatic rings. The molecule has 0 atom stereocenters. The number of amides is 1. The third-order valence-electron chi connectivity index (χ3n) is 3.16. The Kier molecular flexibility index (Phi) is 4.56. The highest BCUT2D eigenvalue weighted by Gasteiger charge is 2.19. The number of nitro benzene ring substituents is 2. The van der Waals surface area contributed by atoms with Gasteiger partial charge in [0.05, 0.1) is 20.6 Å². The number of anilines is 1. The van der Waals surface area contributed by atoms with E-state index in [4.69, 9.17) is 11.6 Å². The van der Waals surface area contributed by atoms with Crippen molar-refractivity contribution in [3.05, 3.63) is 72.8 Å². The van der Waals surface area contributed by atoms with Gasteiger partial charge in [-0.25, -0.2) is 0 Å². The number of non-ortho nitro benzene ring substituents is 1. The number of hydrogen-bond donors (Lipinski definition) is 1. The van der Waals surface area contributed by atoms with Crippen molar-refractivity contribution in [2.24, 2.45) is 0 Å². The van der Waals surface area contributed by atoms with Gasteiger partial charge in [0, 0.05) is 29.3 Å². The first-order valence-corrected chi connectivity index (χ1v) is 6.68. The van der Waals surface area contributed by atoms with E-state index >= 15 is 0 Å². The molecule has 0 radical (unpaired) electrons. The smallest absolute Gasteiger partial charge is 0.273 e. The minimum Gasteiger partial charge on any atom is -0.320 e. The van der Waals surface area contributed by atoms with Crippen LogP contribution in [-0.2, 0) is 0 Å². The lowest BCUT2D eigenvalue weighted by atomic mass is 10.1. The van der Waals surface area contributed by atoms with Crippen LogP contribution in [0, 0.1) is 27.2 Å². The van der Waals surface area contributed by atoms with Crippen molar-refractivity contribution < 1.29 is 14.6 Å². The Morgan fingerprint density at radius 3 is 2.43 bits per heavy atom. The summed E-state index contributed by atoms with van der Waals surface area (Å²) in [7, 11) is 0. The van der Waals surface area contributed by atoms with Gasteiger partial charge >= 0.3 is 0 Å². The maximum absolute atomic E-state index is 12.3. The molecule has 1 amide bonds. The van der Waals surface area contributed by atoms with Crippen LogP contribution in [0.25, 0.3) is 0 Å². The molecule has 0 aromatic heterocycles. The maximum atomic E-state index is 12.3. The zero-order valence-corrected chi connectivity index (χ0v) is 12.5. The highest BCUT2D eigenvalue weighted by molar-refractivity contribution is 6.34. The summed E-state index contributed by atoms with van der Waals surface area (Å²) in [5.41, 5.74) is -0.0987. The zero-order chi connectivity index (χ0) is 17.1. The third kappa shape index (κ3) is 3.43. The number of carbonyl (C=O) groups excluding carboxylic acids is 1. The fourth-order valence-corrected chi connectivity index (χ4v) is 2.14. The Hall–Kier alpha value is -3.00. The van der Waals surface area contributed by atoms with Crippen molar-refractivity contribution in [1.82, 2.24) is 0 Å². The summed E-state index contributed by atoms with van der Waals surface area (Å²) in [4.78, 5) is 32.7. The largest absolute Gasteiger partial charge is 0.320 e. The molecule has 0 spiro atoms. The second-order valence-corrected chi connectivity index (χ2v) is 4.99. The van der Waals surface area contributed by atoms with Crippen molar-refractivity contribution in [1.29, 1.82) is 0 Å². The van der Waals surface area contributed by atoms with Crippen LogP contribution in [0.3, 0.4) is 0 Å². The molecule has 0 heterocycles. The normalized spacial score (nSPS) is 10.2. The molecule has 0 aliphatic heterocycles. The molecule has 2 rings (SSSR count). The Morgan fingerprint density at radius 1 is 1.13 bits per heavy atom. The highest BCUT2D eigenvalue weighted by Crippen LogP contribution is 2.28. The molecule has 23 heavy (non-hydrogen) atoms. The van der Waals surface area contributed by atoms with Crippen molar-refractivity contribution in [3.8, 4) is 0 Å². The molecule has 0 fully saturated rings. The lowest BCUT2D eigenvalue weighted by Crippen LogP contribution is -2.14. The topological polar surface area (TPSA) is 115 Å². The van der Waals surface area contributed by atoms with Gasteiger partial charge in [-0.2, -0.15) is 0 Å². The van der Waals surface area contributed by atoms with Crippen molar-refractivity contribution >= 4 is 34.6 Å². The predicted molar refractivity (Wildman–Crippen MR) is 83.9 cm³/mol. The summed E-state index contributed by atoms with van der Waals surface area (Å²) < 4.78 is 0. The summed E-state index contributed by atoms with van der Waals surface area (Å²) in [5, 5.41) is 24.2. The molecular weight excluding hydrogens is 326 g/mol. The van der Waals surface area contributed by atoms with Gasteiger partial charge in [0.25, 0.3) is 17.3 Å². The molecule has 9 heteroatoms. The van der Waals surface area contributed by atoms with Gasteiger partial charge in [-0.15, -0.1) is 0 Å². The molecule has 2 aromatic carbocycles. The molecule has 1 N–H and O–H groups in total. The van der Waals surface area contributed by atoms with E-state index in [9.17, 15) is 25.0 Å². The standard InChI is InChI=1S/C14H10ClN3O5/c1-8-10(3-2-4-13(8)18(22)23)14(19)16-12-7-9(17(20)21)5-6-11(12)15/h2-7H,1H3,(H,16,19). The van der Waals surface area contributed by atoms with E-state index in [1.807, 2.05) is 0 Å². The monoisotopic (exact) mass is 335 g/mol. The molecule has 118 valence electrons. The third-order valence-corrected chi connectivity index (χ3v) is 3.49. The van der Waals surface area contributed by atoms with E-state index in [2.05, 4.69) is 5.32 Å². The lowest BCUT2D eigenvalue weighted by Gasteiger charge is -2.09. The lowest BCUT2D eigenvalue weighted by molar-refractivity contribution is -0.385. The van der Waals surface area contributed by atoms with E-state index in [1.165, 1.54) is 37.3 Å². The number of nitrogens with one attached hydrogen (secondary N) is 1. The van der Waals surface area contributed by atoms with Gasteiger partial charge in [0.2, 0.25) is 0 Å². The van der Waals surface area contributed by atoms with Crippen molar-refractivity contribution in [2.45, 2.75) is 6.92 Å². The second-order valence-electron chi connectivity index (χ2n) is 4.58. The number of nitro groups is 2. The maximum Gasteiger partial charge on any atom is 0.273 e. The highest BCUT2D eigenvalue weighted by atomic mass is 35.5. The first-order valence-electron chi connectivity index (χ1n) is 6.30. The van der Waals surface area contributed by atoms with Gasteiger partial charge in [-0.1, -0.05) is 17.7 Å².